The van der Waals surface area contributed by atoms with Crippen molar-refractivity contribution in [1.29, 1.82) is 0 Å². The van der Waals surface area contributed by atoms with Crippen molar-refractivity contribution in [2.75, 3.05) is 5.75 Å². The quantitative estimate of drug-likeness (QED) is 0.875. The van der Waals surface area contributed by atoms with Crippen molar-refractivity contribution in [3.05, 3.63) is 30.1 Å². The number of hydrogen-bond acceptors (Lipinski definition) is 2. The van der Waals surface area contributed by atoms with Crippen LogP contribution in [0.5, 0.6) is 0 Å². The van der Waals surface area contributed by atoms with Gasteiger partial charge in [-0.2, -0.15) is 0 Å². The van der Waals surface area contributed by atoms with Gasteiger partial charge in [-0.1, -0.05) is 6.92 Å². The zero-order valence-electron chi connectivity index (χ0n) is 9.90. The van der Waals surface area contributed by atoms with E-state index in [-0.39, 0.29) is 23.5 Å². The molecule has 0 spiro atoms. The highest BCUT2D eigenvalue weighted by atomic mass is 32.2. The van der Waals surface area contributed by atoms with Gasteiger partial charge in [-0.3, -0.25) is 9.00 Å². The molecule has 0 aliphatic carbocycles. The molecule has 1 amide bonds. The first-order chi connectivity index (χ1) is 8.02. The van der Waals surface area contributed by atoms with E-state index in [2.05, 4.69) is 5.32 Å². The first kappa shape index (κ1) is 13.8. The van der Waals surface area contributed by atoms with Crippen LogP contribution < -0.4 is 5.32 Å². The third kappa shape index (κ3) is 4.65. The Kier molecular flexibility index (Phi) is 5.28. The van der Waals surface area contributed by atoms with Crippen LogP contribution in [0, 0.1) is 5.82 Å². The van der Waals surface area contributed by atoms with Crippen LogP contribution in [0.4, 0.5) is 4.39 Å². The first-order valence-electron chi connectivity index (χ1n) is 5.46. The molecule has 0 radical (unpaired) electrons. The Morgan fingerprint density at radius 1 is 1.41 bits per heavy atom. The Morgan fingerprint density at radius 3 is 2.53 bits per heavy atom. The Labute approximate surface area is 103 Å². The molecule has 0 heterocycles. The van der Waals surface area contributed by atoms with E-state index in [9.17, 15) is 13.4 Å². The molecule has 0 aliphatic heterocycles. The van der Waals surface area contributed by atoms with Gasteiger partial charge in [0.2, 0.25) is 5.91 Å². The second-order valence-corrected chi connectivity index (χ2v) is 5.27. The predicted octanol–water partition coefficient (Wildman–Crippen LogP) is 1.85. The number of amides is 1. The molecule has 0 saturated carbocycles. The molecule has 0 aromatic heterocycles. The van der Waals surface area contributed by atoms with Gasteiger partial charge in [-0.25, -0.2) is 4.39 Å². The van der Waals surface area contributed by atoms with E-state index in [1.54, 1.807) is 0 Å². The van der Waals surface area contributed by atoms with Gasteiger partial charge in [0.1, 0.15) is 11.6 Å². The summed E-state index contributed by atoms with van der Waals surface area (Å²) in [6.45, 7) is 3.85. The number of benzene rings is 1. The van der Waals surface area contributed by atoms with Gasteiger partial charge >= 0.3 is 0 Å². The topological polar surface area (TPSA) is 46.2 Å². The van der Waals surface area contributed by atoms with Crippen molar-refractivity contribution in [2.24, 2.45) is 0 Å². The van der Waals surface area contributed by atoms with Crippen molar-refractivity contribution >= 4 is 16.7 Å². The maximum absolute atomic E-state index is 12.7. The van der Waals surface area contributed by atoms with Crippen LogP contribution in [-0.4, -0.2) is 21.9 Å². The van der Waals surface area contributed by atoms with E-state index in [1.165, 1.54) is 24.3 Å². The molecule has 2 atom stereocenters. The van der Waals surface area contributed by atoms with Gasteiger partial charge in [0.05, 0.1) is 10.8 Å². The third-order valence-electron chi connectivity index (χ3n) is 2.36. The highest BCUT2D eigenvalue weighted by molar-refractivity contribution is 7.85. The van der Waals surface area contributed by atoms with Crippen LogP contribution in [0.1, 0.15) is 20.3 Å². The van der Waals surface area contributed by atoms with E-state index in [4.69, 9.17) is 0 Å². The van der Waals surface area contributed by atoms with Crippen LogP contribution in [0.25, 0.3) is 0 Å². The van der Waals surface area contributed by atoms with Crippen molar-refractivity contribution in [1.82, 2.24) is 5.32 Å². The number of halogens is 1. The fourth-order valence-electron chi connectivity index (χ4n) is 1.21. The molecule has 5 heteroatoms. The Hall–Kier alpha value is -1.23. The fourth-order valence-corrected chi connectivity index (χ4v) is 2.14. The van der Waals surface area contributed by atoms with E-state index >= 15 is 0 Å². The van der Waals surface area contributed by atoms with Gasteiger partial charge in [0.15, 0.2) is 0 Å². The average Bonchev–Trinajstić information content (AvgIpc) is 2.29. The molecular weight excluding hydrogens is 241 g/mol. The Balaban J connectivity index is 2.54. The second kappa shape index (κ2) is 6.49. The van der Waals surface area contributed by atoms with Crippen LogP contribution in [0.2, 0.25) is 0 Å². The minimum Gasteiger partial charge on any atom is -0.353 e. The van der Waals surface area contributed by atoms with E-state index < -0.39 is 10.8 Å². The van der Waals surface area contributed by atoms with Gasteiger partial charge in [-0.05, 0) is 37.6 Å². The maximum Gasteiger partial charge on any atom is 0.233 e. The molecule has 2 unspecified atom stereocenters. The van der Waals surface area contributed by atoms with Crippen LogP contribution >= 0.6 is 0 Å². The highest BCUT2D eigenvalue weighted by Crippen LogP contribution is 2.08. The molecule has 1 N–H and O–H groups in total. The monoisotopic (exact) mass is 257 g/mol. The lowest BCUT2D eigenvalue weighted by molar-refractivity contribution is -0.119. The number of rotatable bonds is 5. The van der Waals surface area contributed by atoms with Crippen molar-refractivity contribution in [2.45, 2.75) is 31.2 Å². The predicted molar refractivity (Wildman–Crippen MR) is 65.6 cm³/mol. The lowest BCUT2D eigenvalue weighted by atomic mass is 10.3. The van der Waals surface area contributed by atoms with E-state index in [0.29, 0.717) is 4.90 Å². The summed E-state index contributed by atoms with van der Waals surface area (Å²) in [6.07, 6.45) is 0.828. The summed E-state index contributed by atoms with van der Waals surface area (Å²) in [5.74, 6) is -0.715. The lowest BCUT2D eigenvalue weighted by Crippen LogP contribution is -2.35. The number of hydrogen-bond donors (Lipinski definition) is 1. The lowest BCUT2D eigenvalue weighted by Gasteiger charge is -2.10. The van der Waals surface area contributed by atoms with Crippen LogP contribution in [0.3, 0.4) is 0 Å². The molecule has 0 aliphatic rings. The number of carbonyl (C=O) groups excluding carboxylic acids is 1. The Morgan fingerprint density at radius 2 is 2.00 bits per heavy atom. The molecule has 0 bridgehead atoms. The van der Waals surface area contributed by atoms with Gasteiger partial charge in [-0.15, -0.1) is 0 Å². The molecule has 94 valence electrons. The van der Waals surface area contributed by atoms with Crippen LogP contribution in [-0.2, 0) is 15.6 Å². The fraction of sp³-hybridized carbons (Fsp3) is 0.417. The summed E-state index contributed by atoms with van der Waals surface area (Å²) in [5, 5.41) is 2.74. The summed E-state index contributed by atoms with van der Waals surface area (Å²) >= 11 is 0. The zero-order valence-corrected chi connectivity index (χ0v) is 10.7. The smallest absolute Gasteiger partial charge is 0.233 e. The van der Waals surface area contributed by atoms with E-state index in [0.717, 1.165) is 6.42 Å². The summed E-state index contributed by atoms with van der Waals surface area (Å²) < 4.78 is 24.4. The summed E-state index contributed by atoms with van der Waals surface area (Å²) in [6, 6.07) is 5.41. The Bertz CT molecular complexity index is 405. The third-order valence-corrected chi connectivity index (χ3v) is 3.68. The molecule has 0 fully saturated rings. The van der Waals surface area contributed by atoms with Crippen molar-refractivity contribution < 1.29 is 13.4 Å². The standard InChI is InChI=1S/C12H16FNO2S/c1-3-9(2)14-12(15)8-17(16)11-6-4-10(13)5-7-11/h4-7,9H,3,8H2,1-2H3,(H,14,15). The first-order valence-corrected chi connectivity index (χ1v) is 6.78. The maximum atomic E-state index is 12.7. The van der Waals surface area contributed by atoms with Gasteiger partial charge < -0.3 is 5.32 Å². The van der Waals surface area contributed by atoms with Crippen LogP contribution in [0.15, 0.2) is 29.2 Å². The highest BCUT2D eigenvalue weighted by Gasteiger charge is 2.11. The number of carbonyl (C=O) groups is 1. The molecule has 0 saturated heterocycles. The second-order valence-electron chi connectivity index (χ2n) is 3.82. The van der Waals surface area contributed by atoms with E-state index in [1.807, 2.05) is 13.8 Å². The molecular formula is C12H16FNO2S. The average molecular weight is 257 g/mol. The minimum absolute atomic E-state index is 0.0766. The summed E-state index contributed by atoms with van der Waals surface area (Å²) in [4.78, 5) is 11.9. The molecule has 1 aromatic rings. The zero-order chi connectivity index (χ0) is 12.8. The molecule has 1 aromatic carbocycles. The minimum atomic E-state index is -1.42. The normalized spacial score (nSPS) is 14.1. The van der Waals surface area contributed by atoms with Gasteiger partial charge in [0, 0.05) is 10.9 Å². The molecule has 3 nitrogen and oxygen atoms in total. The summed E-state index contributed by atoms with van der Waals surface area (Å²) in [5.41, 5.74) is 0. The van der Waals surface area contributed by atoms with Gasteiger partial charge in [0.25, 0.3) is 0 Å². The SMILES string of the molecule is CCC(C)NC(=O)CS(=O)c1ccc(F)cc1. The summed E-state index contributed by atoms with van der Waals surface area (Å²) in [7, 11) is -1.42. The van der Waals surface area contributed by atoms with Crippen molar-refractivity contribution in [3.8, 4) is 0 Å². The number of nitrogens with one attached hydrogen (secondary N) is 1. The molecule has 1 rings (SSSR count). The van der Waals surface area contributed by atoms with Crippen molar-refractivity contribution in [3.63, 3.8) is 0 Å². The largest absolute Gasteiger partial charge is 0.353 e. The molecule has 17 heavy (non-hydrogen) atoms.